The smallest absolute Gasteiger partial charge is 0.103 e. The van der Waals surface area contributed by atoms with Crippen molar-refractivity contribution >= 4 is 23.1 Å². The van der Waals surface area contributed by atoms with Crippen molar-refractivity contribution in [2.45, 2.75) is 31.9 Å². The molecule has 14 heavy (non-hydrogen) atoms. The van der Waals surface area contributed by atoms with Gasteiger partial charge in [0.2, 0.25) is 0 Å². The minimum Gasteiger partial charge on any atom is -0.396 e. The Kier molecular flexibility index (Phi) is 4.41. The average molecular weight is 231 g/mol. The molecule has 1 aromatic rings. The third-order valence-electron chi connectivity index (χ3n) is 1.78. The van der Waals surface area contributed by atoms with Crippen molar-refractivity contribution in [2.24, 2.45) is 0 Å². The van der Waals surface area contributed by atoms with Crippen molar-refractivity contribution in [3.05, 3.63) is 16.1 Å². The minimum absolute atomic E-state index is 0.149. The zero-order valence-electron chi connectivity index (χ0n) is 8.91. The van der Waals surface area contributed by atoms with E-state index in [1.807, 2.05) is 0 Å². The first-order chi connectivity index (χ1) is 6.54. The predicted molar refractivity (Wildman–Crippen MR) is 64.1 cm³/mol. The Morgan fingerprint density at radius 1 is 1.50 bits per heavy atom. The number of aromatic nitrogens is 1. The van der Waals surface area contributed by atoms with E-state index in [1.165, 1.54) is 5.69 Å². The van der Waals surface area contributed by atoms with Gasteiger partial charge in [0.15, 0.2) is 0 Å². The van der Waals surface area contributed by atoms with Gasteiger partial charge in [0.05, 0.1) is 12.3 Å². The molecule has 1 aromatic heterocycles. The molecule has 0 saturated carbocycles. The number of aliphatic hydroxyl groups is 1. The molecule has 2 nitrogen and oxygen atoms in total. The van der Waals surface area contributed by atoms with Gasteiger partial charge in [0.1, 0.15) is 5.01 Å². The molecule has 1 heterocycles. The van der Waals surface area contributed by atoms with Crippen LogP contribution in [0.25, 0.3) is 0 Å². The van der Waals surface area contributed by atoms with E-state index in [9.17, 15) is 0 Å². The first kappa shape index (κ1) is 12.0. The number of nitrogens with zero attached hydrogens (tertiary/aromatic N) is 1. The van der Waals surface area contributed by atoms with Crippen LogP contribution in [-0.4, -0.2) is 22.5 Å². The second-order valence-electron chi connectivity index (χ2n) is 4.15. The van der Waals surface area contributed by atoms with Gasteiger partial charge in [0, 0.05) is 22.3 Å². The highest BCUT2D eigenvalue weighted by Crippen LogP contribution is 2.25. The van der Waals surface area contributed by atoms with E-state index >= 15 is 0 Å². The van der Waals surface area contributed by atoms with Crippen LogP contribution in [0.5, 0.6) is 0 Å². The fraction of sp³-hybridized carbons (Fsp3) is 0.700. The second kappa shape index (κ2) is 5.14. The molecule has 1 rings (SSSR count). The standard InChI is InChI=1S/C10H17NOS2/c1-10(2,3)8-6-14-9(11-8)7-13-5-4-12/h6,12H,4-5,7H2,1-3H3. The molecule has 0 saturated heterocycles. The number of aliphatic hydroxyl groups excluding tert-OH is 1. The summed E-state index contributed by atoms with van der Waals surface area (Å²) in [5, 5.41) is 11.9. The van der Waals surface area contributed by atoms with Gasteiger partial charge in [-0.05, 0) is 0 Å². The lowest BCUT2D eigenvalue weighted by molar-refractivity contribution is 0.322. The summed E-state index contributed by atoms with van der Waals surface area (Å²) in [7, 11) is 0. The van der Waals surface area contributed by atoms with E-state index in [0.29, 0.717) is 0 Å². The molecule has 0 spiro atoms. The Labute approximate surface area is 93.8 Å². The molecule has 0 aliphatic carbocycles. The lowest BCUT2D eigenvalue weighted by atomic mass is 9.93. The maximum absolute atomic E-state index is 8.64. The van der Waals surface area contributed by atoms with Gasteiger partial charge in [-0.15, -0.1) is 11.3 Å². The molecular weight excluding hydrogens is 214 g/mol. The van der Waals surface area contributed by atoms with E-state index in [1.54, 1.807) is 23.1 Å². The van der Waals surface area contributed by atoms with Crippen LogP contribution in [0.2, 0.25) is 0 Å². The highest BCUT2D eigenvalue weighted by molar-refractivity contribution is 7.98. The van der Waals surface area contributed by atoms with Gasteiger partial charge in [-0.3, -0.25) is 0 Å². The van der Waals surface area contributed by atoms with Crippen LogP contribution in [-0.2, 0) is 11.2 Å². The molecule has 0 atom stereocenters. The molecule has 0 radical (unpaired) electrons. The van der Waals surface area contributed by atoms with E-state index < -0.39 is 0 Å². The number of rotatable bonds is 4. The Hall–Kier alpha value is -0.0600. The van der Waals surface area contributed by atoms with Crippen molar-refractivity contribution < 1.29 is 5.11 Å². The van der Waals surface area contributed by atoms with Gasteiger partial charge in [-0.2, -0.15) is 11.8 Å². The first-order valence-corrected chi connectivity index (χ1v) is 6.71. The highest BCUT2D eigenvalue weighted by atomic mass is 32.2. The largest absolute Gasteiger partial charge is 0.396 e. The Morgan fingerprint density at radius 2 is 2.21 bits per heavy atom. The van der Waals surface area contributed by atoms with Crippen molar-refractivity contribution in [1.82, 2.24) is 4.98 Å². The van der Waals surface area contributed by atoms with Crippen LogP contribution in [0, 0.1) is 0 Å². The summed E-state index contributed by atoms with van der Waals surface area (Å²) < 4.78 is 0. The minimum atomic E-state index is 0.149. The Morgan fingerprint density at radius 3 is 2.71 bits per heavy atom. The molecule has 0 aliphatic heterocycles. The van der Waals surface area contributed by atoms with E-state index in [4.69, 9.17) is 5.11 Å². The van der Waals surface area contributed by atoms with Gasteiger partial charge >= 0.3 is 0 Å². The van der Waals surface area contributed by atoms with Crippen molar-refractivity contribution in [2.75, 3.05) is 12.4 Å². The van der Waals surface area contributed by atoms with E-state index in [2.05, 4.69) is 31.1 Å². The third-order valence-corrected chi connectivity index (χ3v) is 3.76. The summed E-state index contributed by atoms with van der Waals surface area (Å²) in [6.45, 7) is 6.77. The van der Waals surface area contributed by atoms with Crippen LogP contribution in [0.1, 0.15) is 31.5 Å². The molecule has 0 unspecified atom stereocenters. The third kappa shape index (κ3) is 3.59. The van der Waals surface area contributed by atoms with Crippen LogP contribution < -0.4 is 0 Å². The van der Waals surface area contributed by atoms with Crippen LogP contribution in [0.15, 0.2) is 5.38 Å². The molecule has 0 aliphatic rings. The normalized spacial score (nSPS) is 12.0. The molecule has 0 fully saturated rings. The predicted octanol–water partition coefficient (Wildman–Crippen LogP) is 2.67. The fourth-order valence-corrected chi connectivity index (χ4v) is 2.79. The summed E-state index contributed by atoms with van der Waals surface area (Å²) in [5.41, 5.74) is 1.32. The lowest BCUT2D eigenvalue weighted by Gasteiger charge is -2.14. The molecule has 0 amide bonds. The van der Waals surface area contributed by atoms with Crippen LogP contribution >= 0.6 is 23.1 Å². The molecule has 4 heteroatoms. The summed E-state index contributed by atoms with van der Waals surface area (Å²) in [6, 6.07) is 0. The zero-order chi connectivity index (χ0) is 10.6. The maximum Gasteiger partial charge on any atom is 0.103 e. The van der Waals surface area contributed by atoms with Crippen LogP contribution in [0.4, 0.5) is 0 Å². The topological polar surface area (TPSA) is 33.1 Å². The molecule has 80 valence electrons. The number of hydrogen-bond acceptors (Lipinski definition) is 4. The van der Waals surface area contributed by atoms with Crippen molar-refractivity contribution in [3.63, 3.8) is 0 Å². The summed E-state index contributed by atoms with van der Waals surface area (Å²) in [6.07, 6.45) is 0. The Bertz CT molecular complexity index is 278. The van der Waals surface area contributed by atoms with Gasteiger partial charge in [-0.25, -0.2) is 4.98 Å². The molecule has 0 aromatic carbocycles. The summed E-state index contributed by atoms with van der Waals surface area (Å²) in [4.78, 5) is 4.57. The van der Waals surface area contributed by atoms with Crippen molar-refractivity contribution in [1.29, 1.82) is 0 Å². The fourth-order valence-electron chi connectivity index (χ4n) is 0.946. The van der Waals surface area contributed by atoms with Crippen LogP contribution in [0.3, 0.4) is 0 Å². The monoisotopic (exact) mass is 231 g/mol. The van der Waals surface area contributed by atoms with E-state index in [-0.39, 0.29) is 12.0 Å². The molecule has 1 N–H and O–H groups in total. The van der Waals surface area contributed by atoms with Gasteiger partial charge in [-0.1, -0.05) is 20.8 Å². The first-order valence-electron chi connectivity index (χ1n) is 4.67. The Balaban J connectivity index is 2.51. The molecular formula is C10H17NOS2. The van der Waals surface area contributed by atoms with Gasteiger partial charge < -0.3 is 5.11 Å². The number of hydrogen-bond donors (Lipinski definition) is 1. The number of thioether (sulfide) groups is 1. The summed E-state index contributed by atoms with van der Waals surface area (Å²) >= 11 is 3.44. The quantitative estimate of drug-likeness (QED) is 0.809. The second-order valence-corrected chi connectivity index (χ2v) is 6.20. The van der Waals surface area contributed by atoms with Crippen molar-refractivity contribution in [3.8, 4) is 0 Å². The maximum atomic E-state index is 8.64. The molecule has 0 bridgehead atoms. The zero-order valence-corrected chi connectivity index (χ0v) is 10.5. The van der Waals surface area contributed by atoms with E-state index in [0.717, 1.165) is 16.5 Å². The lowest BCUT2D eigenvalue weighted by Crippen LogP contribution is -2.11. The SMILES string of the molecule is CC(C)(C)c1csc(CSCCO)n1. The summed E-state index contributed by atoms with van der Waals surface area (Å²) in [5.74, 6) is 1.71. The highest BCUT2D eigenvalue weighted by Gasteiger charge is 2.16. The number of thiazole rings is 1. The van der Waals surface area contributed by atoms with Gasteiger partial charge in [0.25, 0.3) is 0 Å². The average Bonchev–Trinajstić information content (AvgIpc) is 2.52.